The second kappa shape index (κ2) is 5.72. The number of carbonyl (C=O) groups excluding carboxylic acids is 1. The van der Waals surface area contributed by atoms with Gasteiger partial charge < -0.3 is 15.1 Å². The Bertz CT molecular complexity index is 430. The number of amides is 1. The molecule has 0 unspecified atom stereocenters. The van der Waals surface area contributed by atoms with E-state index in [2.05, 4.69) is 0 Å². The van der Waals surface area contributed by atoms with Crippen LogP contribution in [0.2, 0.25) is 0 Å². The van der Waals surface area contributed by atoms with E-state index in [1.165, 1.54) is 0 Å². The third kappa shape index (κ3) is 3.14. The highest BCUT2D eigenvalue weighted by molar-refractivity contribution is 5.78. The maximum Gasteiger partial charge on any atom is 0.226 e. The lowest BCUT2D eigenvalue weighted by Gasteiger charge is -2.29. The van der Waals surface area contributed by atoms with Gasteiger partial charge in [-0.3, -0.25) is 4.79 Å². The second-order valence-electron chi connectivity index (χ2n) is 5.38. The lowest BCUT2D eigenvalue weighted by molar-refractivity contribution is -0.137. The minimum absolute atomic E-state index is 0.000774. The molecule has 1 heterocycles. The van der Waals surface area contributed by atoms with Gasteiger partial charge in [-0.1, -0.05) is 30.3 Å². The average molecular weight is 263 g/mol. The Balaban J connectivity index is 2.06. The molecule has 1 aliphatic rings. The van der Waals surface area contributed by atoms with Crippen LogP contribution in [0.15, 0.2) is 30.3 Å². The molecule has 4 heteroatoms. The lowest BCUT2D eigenvalue weighted by atomic mass is 9.92. The van der Waals surface area contributed by atoms with E-state index < -0.39 is 5.60 Å². The molecule has 0 saturated carbocycles. The fourth-order valence-electron chi connectivity index (χ4n) is 2.65. The van der Waals surface area contributed by atoms with E-state index in [1.807, 2.05) is 30.3 Å². The number of hydrogen-bond donors (Lipinski definition) is 2. The van der Waals surface area contributed by atoms with Gasteiger partial charge in [0, 0.05) is 6.54 Å². The third-order valence-electron chi connectivity index (χ3n) is 3.80. The number of likely N-dealkylation sites (tertiary alicyclic amines) is 1. The third-order valence-corrected chi connectivity index (χ3v) is 3.80. The second-order valence-corrected chi connectivity index (χ2v) is 5.38. The van der Waals surface area contributed by atoms with Crippen molar-refractivity contribution in [2.45, 2.75) is 37.8 Å². The molecule has 1 amide bonds. The first-order valence-corrected chi connectivity index (χ1v) is 6.73. The van der Waals surface area contributed by atoms with Gasteiger partial charge in [0.05, 0.1) is 24.7 Å². The molecule has 104 valence electrons. The van der Waals surface area contributed by atoms with Gasteiger partial charge in [-0.15, -0.1) is 0 Å². The van der Waals surface area contributed by atoms with Crippen LogP contribution < -0.4 is 0 Å². The Labute approximate surface area is 113 Å². The van der Waals surface area contributed by atoms with E-state index in [9.17, 15) is 15.0 Å². The minimum Gasteiger partial charge on any atom is -0.394 e. The van der Waals surface area contributed by atoms with Crippen molar-refractivity contribution < 1.29 is 15.0 Å². The standard InChI is InChI=1S/C15H21NO3/c1-15(19,12-6-3-2-4-7-12)10-14(18)16-9-5-8-13(16)11-17/h2-4,6-7,13,17,19H,5,8-11H2,1H3/t13-,15-/m0/s1. The Morgan fingerprint density at radius 2 is 2.11 bits per heavy atom. The topological polar surface area (TPSA) is 60.8 Å². The molecular formula is C15H21NO3. The van der Waals surface area contributed by atoms with Crippen molar-refractivity contribution in [2.24, 2.45) is 0 Å². The number of hydrogen-bond acceptors (Lipinski definition) is 3. The summed E-state index contributed by atoms with van der Waals surface area (Å²) in [6.45, 7) is 2.33. The van der Waals surface area contributed by atoms with Crippen molar-refractivity contribution in [1.29, 1.82) is 0 Å². The lowest BCUT2D eigenvalue weighted by Crippen LogP contribution is -2.41. The number of aliphatic hydroxyl groups excluding tert-OH is 1. The zero-order chi connectivity index (χ0) is 13.9. The van der Waals surface area contributed by atoms with E-state index in [1.54, 1.807) is 11.8 Å². The van der Waals surface area contributed by atoms with Crippen LogP contribution in [0.4, 0.5) is 0 Å². The SMILES string of the molecule is C[C@](O)(CC(=O)N1CCC[C@H]1CO)c1ccccc1. The summed E-state index contributed by atoms with van der Waals surface area (Å²) >= 11 is 0. The number of aliphatic hydroxyl groups is 2. The molecular weight excluding hydrogens is 242 g/mol. The van der Waals surface area contributed by atoms with Gasteiger partial charge in [0.1, 0.15) is 0 Å². The Kier molecular flexibility index (Phi) is 4.22. The summed E-state index contributed by atoms with van der Waals surface area (Å²) in [5.41, 5.74) is -0.427. The minimum atomic E-state index is -1.17. The van der Waals surface area contributed by atoms with Crippen molar-refractivity contribution in [2.75, 3.05) is 13.2 Å². The highest BCUT2D eigenvalue weighted by Gasteiger charge is 2.33. The Morgan fingerprint density at radius 1 is 1.42 bits per heavy atom. The molecule has 4 nitrogen and oxygen atoms in total. The first-order chi connectivity index (χ1) is 9.04. The maximum atomic E-state index is 12.3. The molecule has 0 bridgehead atoms. The first-order valence-electron chi connectivity index (χ1n) is 6.73. The molecule has 1 saturated heterocycles. The van der Waals surface area contributed by atoms with Crippen LogP contribution in [0, 0.1) is 0 Å². The quantitative estimate of drug-likeness (QED) is 0.860. The number of rotatable bonds is 4. The van der Waals surface area contributed by atoms with Gasteiger partial charge in [-0.25, -0.2) is 0 Å². The van der Waals surface area contributed by atoms with Crippen LogP contribution in [-0.4, -0.2) is 40.2 Å². The normalized spacial score (nSPS) is 22.3. The van der Waals surface area contributed by atoms with Gasteiger partial charge in [-0.05, 0) is 25.3 Å². The average Bonchev–Trinajstić information content (AvgIpc) is 2.87. The largest absolute Gasteiger partial charge is 0.394 e. The Hall–Kier alpha value is -1.39. The van der Waals surface area contributed by atoms with E-state index in [0.717, 1.165) is 18.4 Å². The predicted octanol–water partition coefficient (Wildman–Crippen LogP) is 1.27. The predicted molar refractivity (Wildman–Crippen MR) is 72.5 cm³/mol. The molecule has 19 heavy (non-hydrogen) atoms. The summed E-state index contributed by atoms with van der Waals surface area (Å²) in [6.07, 6.45) is 1.81. The van der Waals surface area contributed by atoms with Crippen LogP contribution in [-0.2, 0) is 10.4 Å². The molecule has 0 aromatic heterocycles. The van der Waals surface area contributed by atoms with E-state index in [-0.39, 0.29) is 25.0 Å². The monoisotopic (exact) mass is 263 g/mol. The molecule has 2 atom stereocenters. The first kappa shape index (κ1) is 14.0. The summed E-state index contributed by atoms with van der Waals surface area (Å²) in [5, 5.41) is 19.7. The van der Waals surface area contributed by atoms with Gasteiger partial charge in [0.15, 0.2) is 0 Å². The maximum absolute atomic E-state index is 12.3. The summed E-state index contributed by atoms with van der Waals surface area (Å²) in [4.78, 5) is 14.0. The molecule has 2 N–H and O–H groups in total. The summed E-state index contributed by atoms with van der Waals surface area (Å²) < 4.78 is 0. The van der Waals surface area contributed by atoms with Gasteiger partial charge in [0.2, 0.25) is 5.91 Å². The van der Waals surface area contributed by atoms with Crippen LogP contribution in [0.3, 0.4) is 0 Å². The number of benzene rings is 1. The van der Waals surface area contributed by atoms with Gasteiger partial charge >= 0.3 is 0 Å². The van der Waals surface area contributed by atoms with E-state index in [4.69, 9.17) is 0 Å². The fraction of sp³-hybridized carbons (Fsp3) is 0.533. The number of nitrogens with zero attached hydrogens (tertiary/aromatic N) is 1. The van der Waals surface area contributed by atoms with Crippen molar-refractivity contribution >= 4 is 5.91 Å². The molecule has 0 spiro atoms. The zero-order valence-electron chi connectivity index (χ0n) is 11.2. The van der Waals surface area contributed by atoms with Crippen LogP contribution in [0.25, 0.3) is 0 Å². The molecule has 0 radical (unpaired) electrons. The zero-order valence-corrected chi connectivity index (χ0v) is 11.2. The van der Waals surface area contributed by atoms with Crippen LogP contribution >= 0.6 is 0 Å². The van der Waals surface area contributed by atoms with Crippen molar-refractivity contribution in [3.8, 4) is 0 Å². The van der Waals surface area contributed by atoms with Gasteiger partial charge in [0.25, 0.3) is 0 Å². The van der Waals surface area contributed by atoms with E-state index in [0.29, 0.717) is 6.54 Å². The van der Waals surface area contributed by atoms with Crippen molar-refractivity contribution in [1.82, 2.24) is 4.90 Å². The molecule has 1 aromatic carbocycles. The van der Waals surface area contributed by atoms with E-state index >= 15 is 0 Å². The molecule has 2 rings (SSSR count). The highest BCUT2D eigenvalue weighted by atomic mass is 16.3. The van der Waals surface area contributed by atoms with Crippen molar-refractivity contribution in [3.05, 3.63) is 35.9 Å². The summed E-state index contributed by atoms with van der Waals surface area (Å²) in [7, 11) is 0. The molecule has 1 aromatic rings. The fourth-order valence-corrected chi connectivity index (χ4v) is 2.65. The van der Waals surface area contributed by atoms with Gasteiger partial charge in [-0.2, -0.15) is 0 Å². The molecule has 1 fully saturated rings. The summed E-state index contributed by atoms with van der Waals surface area (Å²) in [5.74, 6) is -0.0922. The van der Waals surface area contributed by atoms with Crippen molar-refractivity contribution in [3.63, 3.8) is 0 Å². The smallest absolute Gasteiger partial charge is 0.226 e. The Morgan fingerprint density at radius 3 is 2.74 bits per heavy atom. The summed E-state index contributed by atoms with van der Waals surface area (Å²) in [6, 6.07) is 9.13. The highest BCUT2D eigenvalue weighted by Crippen LogP contribution is 2.27. The number of carbonyl (C=O) groups is 1. The molecule has 0 aliphatic carbocycles. The van der Waals surface area contributed by atoms with Crippen LogP contribution in [0.1, 0.15) is 31.7 Å². The molecule has 1 aliphatic heterocycles. The van der Waals surface area contributed by atoms with Crippen LogP contribution in [0.5, 0.6) is 0 Å².